The van der Waals surface area contributed by atoms with Gasteiger partial charge in [0.05, 0.1) is 27.3 Å². The predicted molar refractivity (Wildman–Crippen MR) is 126 cm³/mol. The van der Waals surface area contributed by atoms with E-state index in [1.165, 1.54) is 14.2 Å². The molecule has 1 aliphatic heterocycles. The highest BCUT2D eigenvalue weighted by Crippen LogP contribution is 2.29. The first-order chi connectivity index (χ1) is 15.9. The predicted octanol–water partition coefficient (Wildman–Crippen LogP) is 3.14. The SMILES string of the molecule is COc1ccc(CN2C(=O)CN(Cc3ccc(NC(=O)OC(C)(C)C)cc3)S2(=O)=O)c(OC)c1. The van der Waals surface area contributed by atoms with E-state index in [-0.39, 0.29) is 19.6 Å². The normalized spacial score (nSPS) is 15.8. The van der Waals surface area contributed by atoms with Crippen LogP contribution in [0.15, 0.2) is 42.5 Å². The maximum absolute atomic E-state index is 13.1. The molecule has 34 heavy (non-hydrogen) atoms. The summed E-state index contributed by atoms with van der Waals surface area (Å²) in [6, 6.07) is 11.6. The minimum Gasteiger partial charge on any atom is -0.497 e. The van der Waals surface area contributed by atoms with Crippen LogP contribution in [0, 0.1) is 0 Å². The lowest BCUT2D eigenvalue weighted by molar-refractivity contribution is -0.125. The van der Waals surface area contributed by atoms with E-state index < -0.39 is 27.8 Å². The van der Waals surface area contributed by atoms with Crippen molar-refractivity contribution in [2.75, 3.05) is 26.1 Å². The Morgan fingerprint density at radius 2 is 1.71 bits per heavy atom. The third-order valence-corrected chi connectivity index (χ3v) is 6.76. The van der Waals surface area contributed by atoms with E-state index in [0.29, 0.717) is 28.3 Å². The Bertz CT molecular complexity index is 1160. The highest BCUT2D eigenvalue weighted by molar-refractivity contribution is 7.87. The zero-order valence-corrected chi connectivity index (χ0v) is 20.6. The number of rotatable bonds is 7. The number of nitrogens with one attached hydrogen (secondary N) is 1. The van der Waals surface area contributed by atoms with Crippen molar-refractivity contribution in [3.05, 3.63) is 53.6 Å². The van der Waals surface area contributed by atoms with E-state index >= 15 is 0 Å². The van der Waals surface area contributed by atoms with Crippen LogP contribution >= 0.6 is 0 Å². The van der Waals surface area contributed by atoms with Gasteiger partial charge in [-0.1, -0.05) is 12.1 Å². The number of hydrogen-bond acceptors (Lipinski definition) is 7. The molecule has 0 saturated carbocycles. The van der Waals surface area contributed by atoms with Crippen LogP contribution in [0.25, 0.3) is 0 Å². The second-order valence-corrected chi connectivity index (χ2v) is 10.5. The number of carbonyl (C=O) groups is 2. The molecule has 1 fully saturated rings. The summed E-state index contributed by atoms with van der Waals surface area (Å²) >= 11 is 0. The van der Waals surface area contributed by atoms with Crippen molar-refractivity contribution in [2.24, 2.45) is 0 Å². The average molecular weight is 492 g/mol. The fourth-order valence-corrected chi connectivity index (χ4v) is 4.82. The summed E-state index contributed by atoms with van der Waals surface area (Å²) in [6.45, 7) is 4.89. The summed E-state index contributed by atoms with van der Waals surface area (Å²) in [4.78, 5) is 24.5. The molecule has 0 unspecified atom stereocenters. The Morgan fingerprint density at radius 3 is 2.29 bits per heavy atom. The lowest BCUT2D eigenvalue weighted by Gasteiger charge is -2.20. The smallest absolute Gasteiger partial charge is 0.412 e. The second-order valence-electron chi connectivity index (χ2n) is 8.68. The topological polar surface area (TPSA) is 114 Å². The van der Waals surface area contributed by atoms with Crippen LogP contribution in [0.2, 0.25) is 0 Å². The fourth-order valence-electron chi connectivity index (χ4n) is 3.34. The van der Waals surface area contributed by atoms with Crippen molar-refractivity contribution in [3.8, 4) is 11.5 Å². The van der Waals surface area contributed by atoms with E-state index in [4.69, 9.17) is 14.2 Å². The number of hydrogen-bond donors (Lipinski definition) is 1. The lowest BCUT2D eigenvalue weighted by Crippen LogP contribution is -2.33. The van der Waals surface area contributed by atoms with Gasteiger partial charge in [-0.05, 0) is 50.6 Å². The van der Waals surface area contributed by atoms with E-state index in [2.05, 4.69) is 5.32 Å². The minimum atomic E-state index is -4.02. The van der Waals surface area contributed by atoms with Crippen LogP contribution in [0.4, 0.5) is 10.5 Å². The summed E-state index contributed by atoms with van der Waals surface area (Å²) in [5, 5.41) is 2.62. The molecule has 11 heteroatoms. The van der Waals surface area contributed by atoms with Gasteiger partial charge in [0.2, 0.25) is 0 Å². The van der Waals surface area contributed by atoms with Gasteiger partial charge in [-0.2, -0.15) is 12.7 Å². The molecule has 1 saturated heterocycles. The average Bonchev–Trinajstić information content (AvgIpc) is 2.96. The Kier molecular flexibility index (Phi) is 7.37. The molecule has 1 heterocycles. The zero-order valence-electron chi connectivity index (χ0n) is 19.8. The van der Waals surface area contributed by atoms with Gasteiger partial charge in [0.25, 0.3) is 5.91 Å². The van der Waals surface area contributed by atoms with Gasteiger partial charge in [-0.15, -0.1) is 0 Å². The van der Waals surface area contributed by atoms with Crippen molar-refractivity contribution in [1.82, 2.24) is 8.61 Å². The number of amides is 2. The van der Waals surface area contributed by atoms with Crippen LogP contribution in [-0.4, -0.2) is 55.4 Å². The molecule has 0 aliphatic carbocycles. The van der Waals surface area contributed by atoms with Crippen LogP contribution < -0.4 is 14.8 Å². The number of methoxy groups -OCH3 is 2. The molecule has 0 radical (unpaired) electrons. The molecule has 1 N–H and O–H groups in total. The number of benzene rings is 2. The third kappa shape index (κ3) is 5.97. The van der Waals surface area contributed by atoms with Gasteiger partial charge >= 0.3 is 16.3 Å². The Hall–Kier alpha value is -3.31. The van der Waals surface area contributed by atoms with Crippen molar-refractivity contribution >= 4 is 27.9 Å². The third-order valence-electron chi connectivity index (χ3n) is 4.96. The lowest BCUT2D eigenvalue weighted by atomic mass is 10.2. The highest BCUT2D eigenvalue weighted by atomic mass is 32.2. The van der Waals surface area contributed by atoms with Crippen molar-refractivity contribution in [1.29, 1.82) is 0 Å². The molecule has 2 aromatic rings. The van der Waals surface area contributed by atoms with E-state index in [1.54, 1.807) is 63.2 Å². The fraction of sp³-hybridized carbons (Fsp3) is 0.391. The number of carbonyl (C=O) groups excluding carboxylic acids is 2. The van der Waals surface area contributed by atoms with Gasteiger partial charge in [0.15, 0.2) is 0 Å². The standard InChI is InChI=1S/C23H29N3O7S/c1-23(2,3)33-22(28)24-18-9-6-16(7-10-18)13-25-15-21(27)26(34(25,29)30)14-17-8-11-19(31-4)12-20(17)32-5/h6-12H,13-15H2,1-5H3,(H,24,28). The second kappa shape index (κ2) is 9.90. The molecule has 0 spiro atoms. The molecule has 2 aromatic carbocycles. The maximum Gasteiger partial charge on any atom is 0.412 e. The van der Waals surface area contributed by atoms with Gasteiger partial charge < -0.3 is 14.2 Å². The Labute approximate surface area is 199 Å². The van der Waals surface area contributed by atoms with E-state index in [9.17, 15) is 18.0 Å². The van der Waals surface area contributed by atoms with E-state index in [0.717, 1.165) is 8.61 Å². The van der Waals surface area contributed by atoms with Crippen molar-refractivity contribution in [2.45, 2.75) is 39.5 Å². The van der Waals surface area contributed by atoms with Gasteiger partial charge in [-0.25, -0.2) is 9.10 Å². The maximum atomic E-state index is 13.1. The van der Waals surface area contributed by atoms with Crippen molar-refractivity contribution in [3.63, 3.8) is 0 Å². The van der Waals surface area contributed by atoms with Crippen LogP contribution in [0.1, 0.15) is 31.9 Å². The van der Waals surface area contributed by atoms with E-state index in [1.807, 2.05) is 0 Å². The molecule has 184 valence electrons. The van der Waals surface area contributed by atoms with Gasteiger partial charge in [-0.3, -0.25) is 10.1 Å². The molecule has 0 bridgehead atoms. The molecule has 0 aromatic heterocycles. The first kappa shape index (κ1) is 25.3. The number of anilines is 1. The van der Waals surface area contributed by atoms with Crippen molar-refractivity contribution < 1.29 is 32.2 Å². The minimum absolute atomic E-state index is 0.0110. The molecular weight excluding hydrogens is 462 g/mol. The quantitative estimate of drug-likeness (QED) is 0.633. The summed E-state index contributed by atoms with van der Waals surface area (Å²) in [7, 11) is -1.04. The van der Waals surface area contributed by atoms with Crippen LogP contribution in [0.3, 0.4) is 0 Å². The molecule has 1 aliphatic rings. The molecule has 0 atom stereocenters. The molecule has 2 amide bonds. The van der Waals surface area contributed by atoms with Gasteiger partial charge in [0, 0.05) is 23.9 Å². The first-order valence-corrected chi connectivity index (χ1v) is 11.9. The Balaban J connectivity index is 1.69. The monoisotopic (exact) mass is 491 g/mol. The molecule has 3 rings (SSSR count). The first-order valence-electron chi connectivity index (χ1n) is 10.5. The highest BCUT2D eigenvalue weighted by Gasteiger charge is 2.42. The van der Waals surface area contributed by atoms with Crippen LogP contribution in [-0.2, 0) is 32.8 Å². The summed E-state index contributed by atoms with van der Waals surface area (Å²) < 4.78 is 43.8. The zero-order chi connectivity index (χ0) is 25.1. The largest absolute Gasteiger partial charge is 0.497 e. The number of nitrogens with zero attached hydrogens (tertiary/aromatic N) is 2. The summed E-state index contributed by atoms with van der Waals surface area (Å²) in [5.74, 6) is 0.456. The summed E-state index contributed by atoms with van der Waals surface area (Å²) in [5.41, 5.74) is 1.09. The summed E-state index contributed by atoms with van der Waals surface area (Å²) in [6.07, 6.45) is -0.586. The number of ether oxygens (including phenoxy) is 3. The Morgan fingerprint density at radius 1 is 1.03 bits per heavy atom. The van der Waals surface area contributed by atoms with Gasteiger partial charge in [0.1, 0.15) is 17.1 Å². The molecule has 10 nitrogen and oxygen atoms in total. The molecular formula is C23H29N3O7S. The van der Waals surface area contributed by atoms with Crippen LogP contribution in [0.5, 0.6) is 11.5 Å².